The van der Waals surface area contributed by atoms with E-state index in [1.807, 2.05) is 0 Å². The number of rotatable bonds is 3. The summed E-state index contributed by atoms with van der Waals surface area (Å²) in [6.45, 7) is 0.864. The summed E-state index contributed by atoms with van der Waals surface area (Å²) in [7, 11) is 0. The quantitative estimate of drug-likeness (QED) is 0.906. The number of hydrogen-bond acceptors (Lipinski definition) is 4. The molecule has 1 aliphatic rings. The number of nitrogens with two attached hydrogens (primary N) is 1. The van der Waals surface area contributed by atoms with Gasteiger partial charge in [-0.3, -0.25) is 0 Å². The molecular weight excluding hydrogens is 251 g/mol. The Balaban J connectivity index is 1.90. The molecule has 2 N–H and O–H groups in total. The summed E-state index contributed by atoms with van der Waals surface area (Å²) in [6, 6.07) is 5.25. The minimum absolute atomic E-state index is 0.147. The van der Waals surface area contributed by atoms with Crippen LogP contribution in [0.2, 0.25) is 10.0 Å². The number of nitrogens with zero attached hydrogens (tertiary/aromatic N) is 1. The van der Waals surface area contributed by atoms with E-state index in [0.29, 0.717) is 28.9 Å². The summed E-state index contributed by atoms with van der Waals surface area (Å²) in [6.07, 6.45) is -0.147. The molecule has 0 bridgehead atoms. The Hall–Kier alpha value is -1.13. The van der Waals surface area contributed by atoms with E-state index < -0.39 is 0 Å². The molecular formula is C10H10Cl2N2O2. The first-order chi connectivity index (χ1) is 7.65. The van der Waals surface area contributed by atoms with Gasteiger partial charge in [0, 0.05) is 5.02 Å². The maximum absolute atomic E-state index is 5.94. The molecule has 0 saturated carbocycles. The highest BCUT2D eigenvalue weighted by atomic mass is 35.5. The highest BCUT2D eigenvalue weighted by molar-refractivity contribution is 6.35. The Bertz CT molecular complexity index is 423. The average molecular weight is 261 g/mol. The molecule has 0 amide bonds. The predicted octanol–water partition coefficient (Wildman–Crippen LogP) is 2.09. The molecule has 0 aliphatic carbocycles. The van der Waals surface area contributed by atoms with Gasteiger partial charge in [0.25, 0.3) is 6.02 Å². The van der Waals surface area contributed by atoms with E-state index in [0.717, 1.165) is 0 Å². The van der Waals surface area contributed by atoms with Crippen LogP contribution in [0.25, 0.3) is 0 Å². The molecule has 1 unspecified atom stereocenters. The van der Waals surface area contributed by atoms with Crippen LogP contribution in [0, 0.1) is 0 Å². The first kappa shape index (κ1) is 11.4. The summed E-state index contributed by atoms with van der Waals surface area (Å²) in [5.74, 6) is 0.570. The second-order valence-electron chi connectivity index (χ2n) is 3.30. The third kappa shape index (κ3) is 2.71. The molecule has 6 heteroatoms. The molecule has 0 spiro atoms. The molecule has 1 atom stereocenters. The van der Waals surface area contributed by atoms with Crippen molar-refractivity contribution in [3.63, 3.8) is 0 Å². The summed E-state index contributed by atoms with van der Waals surface area (Å²) >= 11 is 11.7. The molecule has 0 saturated heterocycles. The van der Waals surface area contributed by atoms with Gasteiger partial charge in [0.15, 0.2) is 6.10 Å². The third-order valence-electron chi connectivity index (χ3n) is 2.06. The van der Waals surface area contributed by atoms with Crippen molar-refractivity contribution in [3.8, 4) is 5.75 Å². The van der Waals surface area contributed by atoms with Crippen molar-refractivity contribution in [2.75, 3.05) is 13.2 Å². The van der Waals surface area contributed by atoms with Gasteiger partial charge < -0.3 is 15.2 Å². The Morgan fingerprint density at radius 3 is 2.94 bits per heavy atom. The number of benzene rings is 1. The zero-order valence-electron chi connectivity index (χ0n) is 8.32. The van der Waals surface area contributed by atoms with Crippen molar-refractivity contribution in [3.05, 3.63) is 28.2 Å². The van der Waals surface area contributed by atoms with Crippen LogP contribution in [0.3, 0.4) is 0 Å². The van der Waals surface area contributed by atoms with Crippen LogP contribution in [-0.2, 0) is 4.74 Å². The van der Waals surface area contributed by atoms with E-state index in [1.54, 1.807) is 18.2 Å². The molecule has 16 heavy (non-hydrogen) atoms. The monoisotopic (exact) mass is 260 g/mol. The molecule has 1 aromatic rings. The van der Waals surface area contributed by atoms with Crippen LogP contribution >= 0.6 is 23.2 Å². The summed E-state index contributed by atoms with van der Waals surface area (Å²) in [4.78, 5) is 3.90. The van der Waals surface area contributed by atoms with Crippen molar-refractivity contribution in [1.82, 2.24) is 0 Å². The largest absolute Gasteiger partial charge is 0.488 e. The maximum atomic E-state index is 5.94. The number of ether oxygens (including phenoxy) is 2. The minimum atomic E-state index is -0.147. The van der Waals surface area contributed by atoms with E-state index in [1.165, 1.54) is 0 Å². The summed E-state index contributed by atoms with van der Waals surface area (Å²) in [5, 5.41) is 1.04. The van der Waals surface area contributed by atoms with Gasteiger partial charge in [-0.2, -0.15) is 0 Å². The van der Waals surface area contributed by atoms with Crippen LogP contribution in [0.1, 0.15) is 0 Å². The Labute approximate surface area is 103 Å². The molecule has 2 rings (SSSR count). The van der Waals surface area contributed by atoms with Crippen LogP contribution in [0.15, 0.2) is 23.2 Å². The van der Waals surface area contributed by atoms with Gasteiger partial charge in [-0.15, -0.1) is 0 Å². The van der Waals surface area contributed by atoms with Crippen molar-refractivity contribution >= 4 is 29.2 Å². The highest BCUT2D eigenvalue weighted by Crippen LogP contribution is 2.27. The predicted molar refractivity (Wildman–Crippen MR) is 63.3 cm³/mol. The summed E-state index contributed by atoms with van der Waals surface area (Å²) < 4.78 is 10.7. The van der Waals surface area contributed by atoms with E-state index in [4.69, 9.17) is 38.4 Å². The van der Waals surface area contributed by atoms with E-state index >= 15 is 0 Å². The fraction of sp³-hybridized carbons (Fsp3) is 0.300. The Kier molecular flexibility index (Phi) is 3.41. The normalized spacial score (nSPS) is 19.1. The zero-order chi connectivity index (χ0) is 11.5. The van der Waals surface area contributed by atoms with Gasteiger partial charge in [0.05, 0.1) is 11.6 Å². The van der Waals surface area contributed by atoms with Crippen LogP contribution in [-0.4, -0.2) is 25.3 Å². The Morgan fingerprint density at radius 1 is 1.50 bits per heavy atom. The fourth-order valence-electron chi connectivity index (χ4n) is 1.30. The van der Waals surface area contributed by atoms with Crippen LogP contribution < -0.4 is 10.5 Å². The van der Waals surface area contributed by atoms with E-state index in [9.17, 15) is 0 Å². The van der Waals surface area contributed by atoms with Gasteiger partial charge in [0.2, 0.25) is 0 Å². The standard InChI is InChI=1S/C10H10Cl2N2O2/c11-6-1-2-9(8(12)3-6)15-5-7-4-14-10(13)16-7/h1-3,7H,4-5H2,(H2,13,14). The molecule has 0 fully saturated rings. The van der Waals surface area contributed by atoms with Crippen molar-refractivity contribution in [2.24, 2.45) is 10.7 Å². The van der Waals surface area contributed by atoms with E-state index in [-0.39, 0.29) is 12.1 Å². The number of amidine groups is 1. The lowest BCUT2D eigenvalue weighted by atomic mass is 10.3. The second-order valence-corrected chi connectivity index (χ2v) is 4.15. The van der Waals surface area contributed by atoms with Gasteiger partial charge >= 0.3 is 0 Å². The van der Waals surface area contributed by atoms with Crippen LogP contribution in [0.4, 0.5) is 0 Å². The minimum Gasteiger partial charge on any atom is -0.488 e. The Morgan fingerprint density at radius 2 is 2.31 bits per heavy atom. The zero-order valence-corrected chi connectivity index (χ0v) is 9.83. The molecule has 1 aliphatic heterocycles. The van der Waals surface area contributed by atoms with Crippen molar-refractivity contribution in [1.29, 1.82) is 0 Å². The number of halogens is 2. The number of hydrogen-bond donors (Lipinski definition) is 1. The van der Waals surface area contributed by atoms with Gasteiger partial charge in [0.1, 0.15) is 12.4 Å². The topological polar surface area (TPSA) is 56.8 Å². The first-order valence-corrected chi connectivity index (χ1v) is 5.45. The lowest BCUT2D eigenvalue weighted by molar-refractivity contribution is 0.141. The highest BCUT2D eigenvalue weighted by Gasteiger charge is 2.18. The summed E-state index contributed by atoms with van der Waals surface area (Å²) in [5.41, 5.74) is 5.37. The SMILES string of the molecule is NC1=NCC(COc2ccc(Cl)cc2Cl)O1. The molecule has 4 nitrogen and oxygen atoms in total. The molecule has 0 radical (unpaired) electrons. The van der Waals surface area contributed by atoms with Crippen molar-refractivity contribution in [2.45, 2.75) is 6.10 Å². The fourth-order valence-corrected chi connectivity index (χ4v) is 1.76. The number of aliphatic imine (C=N–C) groups is 1. The maximum Gasteiger partial charge on any atom is 0.282 e. The lowest BCUT2D eigenvalue weighted by Gasteiger charge is -2.12. The second kappa shape index (κ2) is 4.80. The van der Waals surface area contributed by atoms with E-state index in [2.05, 4.69) is 4.99 Å². The third-order valence-corrected chi connectivity index (χ3v) is 2.59. The smallest absolute Gasteiger partial charge is 0.282 e. The van der Waals surface area contributed by atoms with Gasteiger partial charge in [-0.25, -0.2) is 4.99 Å². The molecule has 1 heterocycles. The van der Waals surface area contributed by atoms with Gasteiger partial charge in [-0.1, -0.05) is 23.2 Å². The lowest BCUT2D eigenvalue weighted by Crippen LogP contribution is -2.24. The van der Waals surface area contributed by atoms with Gasteiger partial charge in [-0.05, 0) is 18.2 Å². The average Bonchev–Trinajstić information content (AvgIpc) is 2.63. The van der Waals surface area contributed by atoms with Crippen molar-refractivity contribution < 1.29 is 9.47 Å². The molecule has 0 aromatic heterocycles. The first-order valence-electron chi connectivity index (χ1n) is 4.69. The molecule has 1 aromatic carbocycles. The molecule has 86 valence electrons. The van der Waals surface area contributed by atoms with Crippen LogP contribution in [0.5, 0.6) is 5.75 Å².